The fourth-order valence-electron chi connectivity index (χ4n) is 2.64. The lowest BCUT2D eigenvalue weighted by Crippen LogP contribution is -2.36. The first kappa shape index (κ1) is 24.2. The van der Waals surface area contributed by atoms with Crippen molar-refractivity contribution in [2.24, 2.45) is 0 Å². The average molecular weight is 458 g/mol. The van der Waals surface area contributed by atoms with Gasteiger partial charge in [-0.25, -0.2) is 12.8 Å². The van der Waals surface area contributed by atoms with Crippen molar-refractivity contribution >= 4 is 27.5 Å². The molecule has 0 aliphatic carbocycles. The number of hydroxylamine groups is 1. The molecule has 1 amide bonds. The smallest absolute Gasteiger partial charge is 0.266 e. The van der Waals surface area contributed by atoms with E-state index in [9.17, 15) is 17.6 Å². The van der Waals surface area contributed by atoms with Crippen LogP contribution in [0.15, 0.2) is 47.4 Å². The van der Waals surface area contributed by atoms with Crippen LogP contribution >= 0.6 is 11.6 Å². The maximum absolute atomic E-state index is 13.2. The number of amides is 1. The monoisotopic (exact) mass is 457 g/mol. The van der Waals surface area contributed by atoms with Gasteiger partial charge in [-0.15, -0.1) is 0 Å². The predicted molar refractivity (Wildman–Crippen MR) is 113 cm³/mol. The summed E-state index contributed by atoms with van der Waals surface area (Å²) >= 11 is 6.08. The average Bonchev–Trinajstić information content (AvgIpc) is 2.71. The summed E-state index contributed by atoms with van der Waals surface area (Å²) in [7, 11) is 2.18. The lowest BCUT2D eigenvalue weighted by Gasteiger charge is -2.25. The van der Waals surface area contributed by atoms with E-state index in [0.29, 0.717) is 17.6 Å². The van der Waals surface area contributed by atoms with Crippen molar-refractivity contribution < 1.29 is 22.4 Å². The number of hydrogen-bond acceptors (Lipinski definition) is 5. The molecule has 0 atom stereocenters. The Morgan fingerprint density at radius 1 is 1.07 bits per heavy atom. The van der Waals surface area contributed by atoms with Crippen molar-refractivity contribution in [2.45, 2.75) is 11.4 Å². The Morgan fingerprint density at radius 2 is 1.70 bits per heavy atom. The van der Waals surface area contributed by atoms with Gasteiger partial charge < -0.3 is 9.80 Å². The molecule has 164 valence electrons. The van der Waals surface area contributed by atoms with Crippen LogP contribution in [0.1, 0.15) is 15.9 Å². The van der Waals surface area contributed by atoms with Crippen LogP contribution in [-0.2, 0) is 21.4 Å². The molecule has 2 aromatic carbocycles. The maximum Gasteiger partial charge on any atom is 0.266 e. The molecule has 0 unspecified atom stereocenters. The van der Waals surface area contributed by atoms with E-state index >= 15 is 0 Å². The molecule has 0 aliphatic heterocycles. The molecule has 10 heteroatoms. The number of hydrogen-bond donors (Lipinski definition) is 0. The number of sulfonamides is 1. The lowest BCUT2D eigenvalue weighted by molar-refractivity contribution is -0.0258. The van der Waals surface area contributed by atoms with E-state index in [4.69, 9.17) is 16.4 Å². The number of nitrogens with zero attached hydrogens (tertiary/aromatic N) is 3. The molecule has 2 rings (SSSR count). The van der Waals surface area contributed by atoms with E-state index in [1.54, 1.807) is 17.0 Å². The Morgan fingerprint density at radius 3 is 2.27 bits per heavy atom. The minimum Gasteiger partial charge on any atom is -0.333 e. The van der Waals surface area contributed by atoms with Gasteiger partial charge in [0.05, 0.1) is 12.1 Å². The van der Waals surface area contributed by atoms with E-state index in [-0.39, 0.29) is 33.8 Å². The number of likely N-dealkylation sites (N-methyl/N-ethyl adjacent to an activating group) is 1. The third kappa shape index (κ3) is 5.99. The first-order valence-electron chi connectivity index (χ1n) is 9.07. The van der Waals surface area contributed by atoms with Crippen molar-refractivity contribution in [2.75, 3.05) is 41.3 Å². The Kier molecular flexibility index (Phi) is 8.34. The fourth-order valence-corrected chi connectivity index (χ4v) is 4.11. The van der Waals surface area contributed by atoms with Gasteiger partial charge in [-0.1, -0.05) is 28.2 Å². The van der Waals surface area contributed by atoms with Crippen molar-refractivity contribution in [1.29, 1.82) is 0 Å². The third-order valence-electron chi connectivity index (χ3n) is 4.44. The van der Waals surface area contributed by atoms with Crippen LogP contribution in [0.3, 0.4) is 0 Å². The second kappa shape index (κ2) is 10.3. The number of benzene rings is 2. The van der Waals surface area contributed by atoms with E-state index in [1.165, 1.54) is 44.5 Å². The van der Waals surface area contributed by atoms with Gasteiger partial charge in [0.1, 0.15) is 10.7 Å². The highest BCUT2D eigenvalue weighted by Crippen LogP contribution is 2.26. The van der Waals surface area contributed by atoms with Crippen molar-refractivity contribution in [3.63, 3.8) is 0 Å². The van der Waals surface area contributed by atoms with Crippen LogP contribution in [0.2, 0.25) is 5.02 Å². The maximum atomic E-state index is 13.2. The van der Waals surface area contributed by atoms with Gasteiger partial charge in [-0.05, 0) is 50.0 Å². The van der Waals surface area contributed by atoms with Gasteiger partial charge in [0.25, 0.3) is 15.9 Å². The van der Waals surface area contributed by atoms with Gasteiger partial charge in [-0.3, -0.25) is 9.63 Å². The number of halogens is 2. The molecule has 7 nitrogen and oxygen atoms in total. The molecular weight excluding hydrogens is 433 g/mol. The summed E-state index contributed by atoms with van der Waals surface area (Å²) < 4.78 is 39.1. The summed E-state index contributed by atoms with van der Waals surface area (Å²) in [4.78, 5) is 21.3. The third-order valence-corrected chi connectivity index (χ3v) is 6.60. The van der Waals surface area contributed by atoms with Crippen LogP contribution in [-0.4, -0.2) is 69.9 Å². The quantitative estimate of drug-likeness (QED) is 0.541. The molecule has 0 heterocycles. The van der Waals surface area contributed by atoms with Crippen molar-refractivity contribution in [1.82, 2.24) is 14.3 Å². The van der Waals surface area contributed by atoms with E-state index in [1.807, 2.05) is 19.0 Å². The molecule has 0 aromatic heterocycles. The Balaban J connectivity index is 2.39. The van der Waals surface area contributed by atoms with Crippen molar-refractivity contribution in [3.05, 3.63) is 64.4 Å². The first-order chi connectivity index (χ1) is 14.1. The van der Waals surface area contributed by atoms with Crippen LogP contribution < -0.4 is 0 Å². The highest BCUT2D eigenvalue weighted by molar-refractivity contribution is 7.89. The normalized spacial score (nSPS) is 11.9. The second-order valence-corrected chi connectivity index (χ2v) is 9.21. The first-order valence-corrected chi connectivity index (χ1v) is 10.9. The lowest BCUT2D eigenvalue weighted by atomic mass is 10.1. The standard InChI is InChI=1S/C20H25ClFN3O4S/c1-23(2)11-12-25(14-15-5-8-17(22)9-6-15)20(26)16-7-10-18(21)19(13-16)30(27,28)24(3)29-4/h5-10,13H,11-12,14H2,1-4H3. The summed E-state index contributed by atoms with van der Waals surface area (Å²) in [5.41, 5.74) is 0.924. The van der Waals surface area contributed by atoms with Crippen LogP contribution in [0, 0.1) is 5.82 Å². The number of carbonyl (C=O) groups is 1. The minimum atomic E-state index is -4.03. The minimum absolute atomic E-state index is 0.0196. The van der Waals surface area contributed by atoms with Crippen LogP contribution in [0.25, 0.3) is 0 Å². The van der Waals surface area contributed by atoms with E-state index in [0.717, 1.165) is 5.56 Å². The van der Waals surface area contributed by atoms with Gasteiger partial charge in [-0.2, -0.15) is 0 Å². The Bertz CT molecular complexity index is 984. The van der Waals surface area contributed by atoms with Gasteiger partial charge in [0.15, 0.2) is 0 Å². The zero-order valence-electron chi connectivity index (χ0n) is 17.3. The summed E-state index contributed by atoms with van der Waals surface area (Å²) in [6.07, 6.45) is 0. The second-order valence-electron chi connectivity index (χ2n) is 6.90. The molecule has 0 radical (unpaired) electrons. The van der Waals surface area contributed by atoms with E-state index < -0.39 is 10.0 Å². The molecule has 0 aliphatic rings. The van der Waals surface area contributed by atoms with Crippen molar-refractivity contribution in [3.8, 4) is 0 Å². The van der Waals surface area contributed by atoms with Crippen LogP contribution in [0.4, 0.5) is 4.39 Å². The van der Waals surface area contributed by atoms with E-state index in [2.05, 4.69) is 0 Å². The molecule has 0 N–H and O–H groups in total. The SMILES string of the molecule is CON(C)S(=O)(=O)c1cc(C(=O)N(CCN(C)C)Cc2ccc(F)cc2)ccc1Cl. The molecule has 30 heavy (non-hydrogen) atoms. The highest BCUT2D eigenvalue weighted by atomic mass is 35.5. The number of carbonyl (C=O) groups excluding carboxylic acids is 1. The zero-order chi connectivity index (χ0) is 22.5. The molecule has 0 bridgehead atoms. The predicted octanol–water partition coefficient (Wildman–Crippen LogP) is 2.87. The molecule has 0 spiro atoms. The number of rotatable bonds is 9. The molecule has 0 saturated heterocycles. The van der Waals surface area contributed by atoms with Gasteiger partial charge in [0.2, 0.25) is 0 Å². The summed E-state index contributed by atoms with van der Waals surface area (Å²) in [5.74, 6) is -0.728. The van der Waals surface area contributed by atoms with Gasteiger partial charge in [0, 0.05) is 32.2 Å². The Hall–Kier alpha value is -2.04. The highest BCUT2D eigenvalue weighted by Gasteiger charge is 2.26. The largest absolute Gasteiger partial charge is 0.333 e. The van der Waals surface area contributed by atoms with Crippen LogP contribution in [0.5, 0.6) is 0 Å². The fraction of sp³-hybridized carbons (Fsp3) is 0.350. The summed E-state index contributed by atoms with van der Waals surface area (Å²) in [6.45, 7) is 1.24. The molecule has 0 saturated carbocycles. The topological polar surface area (TPSA) is 70.2 Å². The zero-order valence-corrected chi connectivity index (χ0v) is 18.9. The Labute approximate surface area is 181 Å². The molecule has 0 fully saturated rings. The molecule has 2 aromatic rings. The van der Waals surface area contributed by atoms with Gasteiger partial charge >= 0.3 is 0 Å². The summed E-state index contributed by atoms with van der Waals surface area (Å²) in [5, 5.41) is -0.0196. The molecular formula is C20H25ClFN3O4S. The summed E-state index contributed by atoms with van der Waals surface area (Å²) in [6, 6.07) is 9.96.